The minimum absolute atomic E-state index is 0.0964. The number of aryl methyl sites for hydroxylation is 2. The quantitative estimate of drug-likeness (QED) is 0.638. The summed E-state index contributed by atoms with van der Waals surface area (Å²) < 4.78 is 5.83. The van der Waals surface area contributed by atoms with Gasteiger partial charge in [-0.3, -0.25) is 4.79 Å². The third-order valence-corrected chi connectivity index (χ3v) is 4.41. The SMILES string of the molecule is Cc1ccc(C)c(OCCCCC(=O)NCc2ccc(CN(C)C)cc2)c1. The fourth-order valence-electron chi connectivity index (χ4n) is 2.85. The summed E-state index contributed by atoms with van der Waals surface area (Å²) in [5.74, 6) is 1.04. The molecule has 2 aromatic rings. The summed E-state index contributed by atoms with van der Waals surface area (Å²) in [6.45, 7) is 6.27. The molecule has 0 spiro atoms. The number of benzene rings is 2. The second-order valence-corrected chi connectivity index (χ2v) is 7.41. The van der Waals surface area contributed by atoms with Crippen LogP contribution in [0.2, 0.25) is 0 Å². The van der Waals surface area contributed by atoms with Crippen LogP contribution in [0.1, 0.15) is 41.5 Å². The number of nitrogens with zero attached hydrogens (tertiary/aromatic N) is 1. The predicted molar refractivity (Wildman–Crippen MR) is 111 cm³/mol. The molecule has 0 aromatic heterocycles. The molecule has 0 bridgehead atoms. The van der Waals surface area contributed by atoms with Crippen LogP contribution in [-0.4, -0.2) is 31.5 Å². The largest absolute Gasteiger partial charge is 0.493 e. The van der Waals surface area contributed by atoms with Gasteiger partial charge in [0.1, 0.15) is 5.75 Å². The lowest BCUT2D eigenvalue weighted by molar-refractivity contribution is -0.121. The van der Waals surface area contributed by atoms with Crippen LogP contribution in [0.15, 0.2) is 42.5 Å². The number of ether oxygens (including phenoxy) is 1. The van der Waals surface area contributed by atoms with Crippen LogP contribution in [0.25, 0.3) is 0 Å². The van der Waals surface area contributed by atoms with Crippen molar-refractivity contribution in [2.45, 2.75) is 46.2 Å². The van der Waals surface area contributed by atoms with Crippen molar-refractivity contribution in [2.24, 2.45) is 0 Å². The van der Waals surface area contributed by atoms with Crippen molar-refractivity contribution in [1.82, 2.24) is 10.2 Å². The van der Waals surface area contributed by atoms with Crippen LogP contribution in [0.4, 0.5) is 0 Å². The molecular weight excluding hydrogens is 336 g/mol. The molecule has 0 aliphatic heterocycles. The highest BCUT2D eigenvalue weighted by molar-refractivity contribution is 5.75. The Morgan fingerprint density at radius 3 is 2.41 bits per heavy atom. The Bertz CT molecular complexity index is 724. The first-order chi connectivity index (χ1) is 12.9. The van der Waals surface area contributed by atoms with E-state index in [1.807, 2.05) is 0 Å². The van der Waals surface area contributed by atoms with Crippen LogP contribution in [0.5, 0.6) is 5.75 Å². The second-order valence-electron chi connectivity index (χ2n) is 7.41. The van der Waals surface area contributed by atoms with Gasteiger partial charge in [0.15, 0.2) is 0 Å². The van der Waals surface area contributed by atoms with Crippen LogP contribution < -0.4 is 10.1 Å². The second kappa shape index (κ2) is 10.7. The first-order valence-corrected chi connectivity index (χ1v) is 9.63. The van der Waals surface area contributed by atoms with E-state index < -0.39 is 0 Å². The third-order valence-electron chi connectivity index (χ3n) is 4.41. The number of rotatable bonds is 10. The van der Waals surface area contributed by atoms with Gasteiger partial charge >= 0.3 is 0 Å². The lowest BCUT2D eigenvalue weighted by atomic mass is 10.1. The Morgan fingerprint density at radius 2 is 1.70 bits per heavy atom. The monoisotopic (exact) mass is 368 g/mol. The Balaban J connectivity index is 1.61. The highest BCUT2D eigenvalue weighted by atomic mass is 16.5. The molecule has 0 atom stereocenters. The predicted octanol–water partition coefficient (Wildman–Crippen LogP) is 4.23. The average molecular weight is 369 g/mol. The summed E-state index contributed by atoms with van der Waals surface area (Å²) in [5, 5.41) is 2.99. The van der Waals surface area contributed by atoms with Crippen molar-refractivity contribution in [2.75, 3.05) is 20.7 Å². The first kappa shape index (κ1) is 21.0. The molecule has 0 saturated heterocycles. The fourth-order valence-corrected chi connectivity index (χ4v) is 2.85. The van der Waals surface area contributed by atoms with E-state index in [1.54, 1.807) is 0 Å². The number of hydrogen-bond acceptors (Lipinski definition) is 3. The zero-order valence-corrected chi connectivity index (χ0v) is 17.0. The summed E-state index contributed by atoms with van der Waals surface area (Å²) >= 11 is 0. The third kappa shape index (κ3) is 7.83. The van der Waals surface area contributed by atoms with Gasteiger partial charge in [-0.1, -0.05) is 36.4 Å². The molecule has 0 saturated carbocycles. The van der Waals surface area contributed by atoms with Crippen molar-refractivity contribution >= 4 is 5.91 Å². The Labute approximate surface area is 163 Å². The van der Waals surface area contributed by atoms with Gasteiger partial charge in [0.05, 0.1) is 6.61 Å². The van der Waals surface area contributed by atoms with Gasteiger partial charge in [-0.2, -0.15) is 0 Å². The topological polar surface area (TPSA) is 41.6 Å². The first-order valence-electron chi connectivity index (χ1n) is 9.63. The normalized spacial score (nSPS) is 10.9. The van der Waals surface area contributed by atoms with E-state index in [0.717, 1.165) is 36.3 Å². The summed E-state index contributed by atoms with van der Waals surface area (Å²) in [4.78, 5) is 14.1. The molecule has 0 radical (unpaired) electrons. The molecular formula is C23H32N2O2. The molecule has 146 valence electrons. The van der Waals surface area contributed by atoms with Gasteiger partial charge in [-0.25, -0.2) is 0 Å². The fraction of sp³-hybridized carbons (Fsp3) is 0.435. The van der Waals surface area contributed by atoms with E-state index >= 15 is 0 Å². The minimum Gasteiger partial charge on any atom is -0.493 e. The molecule has 2 aromatic carbocycles. The lowest BCUT2D eigenvalue weighted by Gasteiger charge is -2.11. The molecule has 1 N–H and O–H groups in total. The van der Waals surface area contributed by atoms with Crippen molar-refractivity contribution in [3.63, 3.8) is 0 Å². The van der Waals surface area contributed by atoms with E-state index in [-0.39, 0.29) is 5.91 Å². The van der Waals surface area contributed by atoms with E-state index in [1.165, 1.54) is 11.1 Å². The molecule has 0 heterocycles. The molecule has 0 aliphatic rings. The molecule has 2 rings (SSSR count). The van der Waals surface area contributed by atoms with Crippen LogP contribution in [0, 0.1) is 13.8 Å². The highest BCUT2D eigenvalue weighted by Crippen LogP contribution is 2.19. The number of carbonyl (C=O) groups is 1. The van der Waals surface area contributed by atoms with Crippen LogP contribution >= 0.6 is 0 Å². The van der Waals surface area contributed by atoms with Crippen molar-refractivity contribution in [1.29, 1.82) is 0 Å². The van der Waals surface area contributed by atoms with Gasteiger partial charge in [-0.05, 0) is 69.1 Å². The molecule has 0 fully saturated rings. The molecule has 4 nitrogen and oxygen atoms in total. The molecule has 27 heavy (non-hydrogen) atoms. The Kier molecular flexibility index (Phi) is 8.34. The average Bonchev–Trinajstić information content (AvgIpc) is 2.63. The van der Waals surface area contributed by atoms with E-state index in [0.29, 0.717) is 19.6 Å². The standard InChI is InChI=1S/C23H32N2O2/c1-18-8-9-19(2)22(15-18)27-14-6-5-7-23(26)24-16-20-10-12-21(13-11-20)17-25(3)4/h8-13,15H,5-7,14,16-17H2,1-4H3,(H,24,26). The van der Waals surface area contributed by atoms with Crippen molar-refractivity contribution in [3.8, 4) is 5.75 Å². The number of nitrogens with one attached hydrogen (secondary N) is 1. The number of carbonyl (C=O) groups excluding carboxylic acids is 1. The van der Waals surface area contributed by atoms with Gasteiger partial charge in [-0.15, -0.1) is 0 Å². The molecule has 4 heteroatoms. The summed E-state index contributed by atoms with van der Waals surface area (Å²) in [6, 6.07) is 14.6. The van der Waals surface area contributed by atoms with E-state index in [4.69, 9.17) is 4.74 Å². The summed E-state index contributed by atoms with van der Waals surface area (Å²) in [6.07, 6.45) is 2.24. The zero-order chi connectivity index (χ0) is 19.6. The smallest absolute Gasteiger partial charge is 0.220 e. The molecule has 0 unspecified atom stereocenters. The lowest BCUT2D eigenvalue weighted by Crippen LogP contribution is -2.22. The van der Waals surface area contributed by atoms with E-state index in [9.17, 15) is 4.79 Å². The molecule has 0 aliphatic carbocycles. The number of unbranched alkanes of at least 4 members (excludes halogenated alkanes) is 1. The molecule has 1 amide bonds. The van der Waals surface area contributed by atoms with Gasteiger partial charge in [0, 0.05) is 19.5 Å². The van der Waals surface area contributed by atoms with E-state index in [2.05, 4.69) is 80.6 Å². The highest BCUT2D eigenvalue weighted by Gasteiger charge is 2.04. The maximum atomic E-state index is 12.0. The van der Waals surface area contributed by atoms with Gasteiger partial charge in [0.2, 0.25) is 5.91 Å². The Hall–Kier alpha value is -2.33. The zero-order valence-electron chi connectivity index (χ0n) is 17.0. The minimum atomic E-state index is 0.0964. The summed E-state index contributed by atoms with van der Waals surface area (Å²) in [5.41, 5.74) is 4.75. The number of amides is 1. The van der Waals surface area contributed by atoms with Gasteiger partial charge in [0.25, 0.3) is 0 Å². The summed E-state index contributed by atoms with van der Waals surface area (Å²) in [7, 11) is 4.11. The van der Waals surface area contributed by atoms with Crippen molar-refractivity contribution < 1.29 is 9.53 Å². The van der Waals surface area contributed by atoms with Crippen LogP contribution in [-0.2, 0) is 17.9 Å². The van der Waals surface area contributed by atoms with Gasteiger partial charge < -0.3 is 15.0 Å². The maximum absolute atomic E-state index is 12.0. The van der Waals surface area contributed by atoms with Crippen LogP contribution in [0.3, 0.4) is 0 Å². The maximum Gasteiger partial charge on any atom is 0.220 e. The Morgan fingerprint density at radius 1 is 1.00 bits per heavy atom. The number of hydrogen-bond donors (Lipinski definition) is 1. The van der Waals surface area contributed by atoms with Crippen molar-refractivity contribution in [3.05, 3.63) is 64.7 Å².